The van der Waals surface area contributed by atoms with Gasteiger partial charge in [-0.05, 0) is 19.4 Å². The second kappa shape index (κ2) is 8.73. The van der Waals surface area contributed by atoms with Crippen LogP contribution in [0.1, 0.15) is 38.3 Å². The first-order valence-electron chi connectivity index (χ1n) is 7.88. The van der Waals surface area contributed by atoms with Gasteiger partial charge in [-0.2, -0.15) is 0 Å². The molecule has 2 aromatic rings. The summed E-state index contributed by atoms with van der Waals surface area (Å²) in [6.07, 6.45) is 5.05. The Bertz CT molecular complexity index is 730. The first-order chi connectivity index (χ1) is 11.9. The molecule has 0 aliphatic carbocycles. The van der Waals surface area contributed by atoms with Crippen molar-refractivity contribution in [2.45, 2.75) is 38.8 Å². The number of aromatic nitrogens is 2. The van der Waals surface area contributed by atoms with Crippen molar-refractivity contribution in [2.24, 2.45) is 5.73 Å². The van der Waals surface area contributed by atoms with E-state index in [0.717, 1.165) is 0 Å². The molecule has 0 spiro atoms. The van der Waals surface area contributed by atoms with Crippen LogP contribution in [0.5, 0.6) is 11.6 Å². The molecule has 0 unspecified atom stereocenters. The molecule has 2 atom stereocenters. The summed E-state index contributed by atoms with van der Waals surface area (Å²) in [4.78, 5) is 18.9. The van der Waals surface area contributed by atoms with E-state index in [1.54, 1.807) is 12.1 Å². The number of nitrogens with zero attached hydrogens (tertiary/aromatic N) is 2. The molecule has 8 heteroatoms. The third-order valence-corrected chi connectivity index (χ3v) is 3.90. The fourth-order valence-corrected chi connectivity index (χ4v) is 2.67. The Morgan fingerprint density at radius 1 is 1.44 bits per heavy atom. The van der Waals surface area contributed by atoms with Crippen LogP contribution in [0, 0.1) is 5.82 Å². The SMILES string of the molecule is CC[C@@H](N[C@@H](C)CC(N)=O)c1ccc(Cl)c(Oc2cnccn2)c1F. The van der Waals surface area contributed by atoms with Gasteiger partial charge in [0.15, 0.2) is 11.6 Å². The minimum Gasteiger partial charge on any atom is -0.433 e. The number of benzene rings is 1. The lowest BCUT2D eigenvalue weighted by Crippen LogP contribution is -2.34. The van der Waals surface area contributed by atoms with Gasteiger partial charge in [-0.3, -0.25) is 9.78 Å². The Labute approximate surface area is 150 Å². The van der Waals surface area contributed by atoms with E-state index < -0.39 is 11.7 Å². The third-order valence-electron chi connectivity index (χ3n) is 3.60. The minimum absolute atomic E-state index is 0.109. The summed E-state index contributed by atoms with van der Waals surface area (Å²) in [5, 5.41) is 3.33. The fourth-order valence-electron chi connectivity index (χ4n) is 2.48. The van der Waals surface area contributed by atoms with Gasteiger partial charge in [-0.25, -0.2) is 9.37 Å². The molecule has 2 rings (SSSR count). The zero-order chi connectivity index (χ0) is 18.4. The predicted octanol–water partition coefficient (Wildman–Crippen LogP) is 3.37. The number of carbonyl (C=O) groups excluding carboxylic acids is 1. The number of rotatable bonds is 8. The van der Waals surface area contributed by atoms with Crippen LogP contribution < -0.4 is 15.8 Å². The summed E-state index contributed by atoms with van der Waals surface area (Å²) >= 11 is 6.08. The van der Waals surface area contributed by atoms with Crippen LogP contribution in [0.15, 0.2) is 30.7 Å². The summed E-state index contributed by atoms with van der Waals surface area (Å²) < 4.78 is 20.4. The van der Waals surface area contributed by atoms with E-state index in [-0.39, 0.29) is 35.2 Å². The number of ether oxygens (including phenoxy) is 1. The zero-order valence-corrected chi connectivity index (χ0v) is 14.8. The summed E-state index contributed by atoms with van der Waals surface area (Å²) in [6.45, 7) is 3.73. The van der Waals surface area contributed by atoms with Crippen molar-refractivity contribution in [3.05, 3.63) is 47.1 Å². The highest BCUT2D eigenvalue weighted by molar-refractivity contribution is 6.32. The first kappa shape index (κ1) is 19.1. The second-order valence-electron chi connectivity index (χ2n) is 5.62. The van der Waals surface area contributed by atoms with E-state index in [0.29, 0.717) is 12.0 Å². The molecule has 0 aliphatic heterocycles. The Hall–Kier alpha value is -2.25. The van der Waals surface area contributed by atoms with Crippen LogP contribution in [0.3, 0.4) is 0 Å². The number of nitrogens with two attached hydrogens (primary N) is 1. The number of carbonyl (C=O) groups is 1. The predicted molar refractivity (Wildman–Crippen MR) is 93.0 cm³/mol. The maximum atomic E-state index is 15.0. The van der Waals surface area contributed by atoms with Gasteiger partial charge in [0, 0.05) is 36.5 Å². The van der Waals surface area contributed by atoms with Gasteiger partial charge in [0.2, 0.25) is 11.8 Å². The number of primary amides is 1. The normalized spacial score (nSPS) is 13.3. The maximum Gasteiger partial charge on any atom is 0.238 e. The molecule has 6 nitrogen and oxygen atoms in total. The largest absolute Gasteiger partial charge is 0.433 e. The van der Waals surface area contributed by atoms with Gasteiger partial charge < -0.3 is 15.8 Å². The van der Waals surface area contributed by atoms with Crippen LogP contribution in [-0.4, -0.2) is 21.9 Å². The summed E-state index contributed by atoms with van der Waals surface area (Å²) in [6, 6.07) is 2.64. The smallest absolute Gasteiger partial charge is 0.238 e. The maximum absolute atomic E-state index is 15.0. The standard InChI is InChI=1S/C17H20ClFN4O2/c1-3-13(23-10(2)8-14(20)24)11-4-5-12(18)17(16(11)19)25-15-9-21-6-7-22-15/h4-7,9-10,13,23H,3,8H2,1-2H3,(H2,20,24)/t10-,13+/m0/s1. The fraction of sp³-hybridized carbons (Fsp3) is 0.353. The lowest BCUT2D eigenvalue weighted by atomic mass is 10.0. The molecule has 1 amide bonds. The topological polar surface area (TPSA) is 90.1 Å². The molecule has 1 heterocycles. The lowest BCUT2D eigenvalue weighted by Gasteiger charge is -2.23. The molecule has 25 heavy (non-hydrogen) atoms. The Kier molecular flexibility index (Phi) is 6.66. The van der Waals surface area contributed by atoms with E-state index in [9.17, 15) is 9.18 Å². The van der Waals surface area contributed by atoms with Crippen LogP contribution in [0.25, 0.3) is 0 Å². The van der Waals surface area contributed by atoms with Crippen molar-refractivity contribution in [3.63, 3.8) is 0 Å². The first-order valence-corrected chi connectivity index (χ1v) is 8.26. The van der Waals surface area contributed by atoms with E-state index in [1.165, 1.54) is 18.6 Å². The van der Waals surface area contributed by atoms with Crippen molar-refractivity contribution in [1.82, 2.24) is 15.3 Å². The quantitative estimate of drug-likeness (QED) is 0.747. The summed E-state index contributed by atoms with van der Waals surface area (Å²) in [5.74, 6) is -0.965. The van der Waals surface area contributed by atoms with Crippen molar-refractivity contribution in [3.8, 4) is 11.6 Å². The molecule has 0 radical (unpaired) electrons. The minimum atomic E-state index is -0.580. The van der Waals surface area contributed by atoms with Crippen LogP contribution >= 0.6 is 11.6 Å². The second-order valence-corrected chi connectivity index (χ2v) is 6.03. The van der Waals surface area contributed by atoms with Gasteiger partial charge in [-0.1, -0.05) is 24.6 Å². The molecule has 3 N–H and O–H groups in total. The molecule has 0 bridgehead atoms. The lowest BCUT2D eigenvalue weighted by molar-refractivity contribution is -0.118. The van der Waals surface area contributed by atoms with Crippen molar-refractivity contribution >= 4 is 17.5 Å². The summed E-state index contributed by atoms with van der Waals surface area (Å²) in [5.41, 5.74) is 5.60. The Morgan fingerprint density at radius 3 is 2.80 bits per heavy atom. The van der Waals surface area contributed by atoms with Crippen LogP contribution in [0.2, 0.25) is 5.02 Å². The van der Waals surface area contributed by atoms with Crippen LogP contribution in [0.4, 0.5) is 4.39 Å². The highest BCUT2D eigenvalue weighted by atomic mass is 35.5. The molecular weight excluding hydrogens is 347 g/mol. The number of hydrogen-bond donors (Lipinski definition) is 2. The molecule has 0 fully saturated rings. The van der Waals surface area contributed by atoms with Crippen molar-refractivity contribution in [1.29, 1.82) is 0 Å². The zero-order valence-electron chi connectivity index (χ0n) is 14.0. The Balaban J connectivity index is 2.28. The third kappa shape index (κ3) is 5.11. The van der Waals surface area contributed by atoms with Crippen molar-refractivity contribution in [2.75, 3.05) is 0 Å². The van der Waals surface area contributed by atoms with Gasteiger partial charge in [0.05, 0.1) is 11.2 Å². The van der Waals surface area contributed by atoms with E-state index in [1.807, 2.05) is 13.8 Å². The van der Waals surface area contributed by atoms with Crippen molar-refractivity contribution < 1.29 is 13.9 Å². The molecule has 134 valence electrons. The average Bonchev–Trinajstić information content (AvgIpc) is 2.57. The van der Waals surface area contributed by atoms with Crippen LogP contribution in [-0.2, 0) is 4.79 Å². The number of halogens is 2. The summed E-state index contributed by atoms with van der Waals surface area (Å²) in [7, 11) is 0. The van der Waals surface area contributed by atoms with E-state index in [2.05, 4.69) is 15.3 Å². The molecule has 0 saturated heterocycles. The monoisotopic (exact) mass is 366 g/mol. The average molecular weight is 367 g/mol. The number of amides is 1. The number of hydrogen-bond acceptors (Lipinski definition) is 5. The molecular formula is C17H20ClFN4O2. The highest BCUT2D eigenvalue weighted by Gasteiger charge is 2.22. The molecule has 1 aromatic carbocycles. The van der Waals surface area contributed by atoms with Gasteiger partial charge >= 0.3 is 0 Å². The van der Waals surface area contributed by atoms with E-state index >= 15 is 0 Å². The van der Waals surface area contributed by atoms with Gasteiger partial charge in [-0.15, -0.1) is 0 Å². The Morgan fingerprint density at radius 2 is 2.20 bits per heavy atom. The number of nitrogens with one attached hydrogen (secondary N) is 1. The highest BCUT2D eigenvalue weighted by Crippen LogP contribution is 2.36. The molecule has 0 aliphatic rings. The molecule has 0 saturated carbocycles. The van der Waals surface area contributed by atoms with E-state index in [4.69, 9.17) is 22.1 Å². The molecule has 1 aromatic heterocycles. The van der Waals surface area contributed by atoms with Gasteiger partial charge in [0.1, 0.15) is 0 Å². The van der Waals surface area contributed by atoms with Gasteiger partial charge in [0.25, 0.3) is 0 Å².